The van der Waals surface area contributed by atoms with Crippen LogP contribution in [-0.2, 0) is 11.3 Å². The zero-order chi connectivity index (χ0) is 16.1. The number of nitrogens with one attached hydrogen (secondary N) is 1. The summed E-state index contributed by atoms with van der Waals surface area (Å²) in [6.45, 7) is 2.47. The van der Waals surface area contributed by atoms with Crippen molar-refractivity contribution in [2.45, 2.75) is 13.5 Å². The van der Waals surface area contributed by atoms with Crippen LogP contribution in [0.1, 0.15) is 11.3 Å². The van der Waals surface area contributed by atoms with Crippen molar-refractivity contribution in [3.8, 4) is 0 Å². The molecule has 7 heteroatoms. The number of nitro benzene ring substituents is 1. The van der Waals surface area contributed by atoms with Gasteiger partial charge in [0.1, 0.15) is 4.83 Å². The zero-order valence-corrected chi connectivity index (χ0v) is 13.4. The highest BCUT2D eigenvalue weighted by molar-refractivity contribution is 7.26. The van der Waals surface area contributed by atoms with E-state index in [-0.39, 0.29) is 10.6 Å². The van der Waals surface area contributed by atoms with Crippen molar-refractivity contribution in [3.05, 3.63) is 45.6 Å². The number of nitrogens with zero attached hydrogens (tertiary/aromatic N) is 2. The first-order valence-corrected chi connectivity index (χ1v) is 7.88. The summed E-state index contributed by atoms with van der Waals surface area (Å²) in [4.78, 5) is 19.5. The standard InChI is InChI=1S/C16H13N3O3S/c1-8-5-9(7-22-2)13-14-15(23-16(13)17-8)11-4-3-10(19(20)21)6-12(11)18-14/h3-6,18H,7H2,1-2H3. The van der Waals surface area contributed by atoms with Gasteiger partial charge in [0.15, 0.2) is 0 Å². The second-order valence-electron chi connectivity index (χ2n) is 5.45. The Morgan fingerprint density at radius 1 is 1.39 bits per heavy atom. The molecule has 4 rings (SSSR count). The quantitative estimate of drug-likeness (QED) is 0.449. The number of methoxy groups -OCH3 is 1. The first kappa shape index (κ1) is 14.1. The van der Waals surface area contributed by atoms with Crippen molar-refractivity contribution in [3.63, 3.8) is 0 Å². The average molecular weight is 327 g/mol. The molecule has 6 nitrogen and oxygen atoms in total. The van der Waals surface area contributed by atoms with E-state index in [1.165, 1.54) is 6.07 Å². The van der Waals surface area contributed by atoms with Gasteiger partial charge in [-0.3, -0.25) is 10.1 Å². The van der Waals surface area contributed by atoms with Gasteiger partial charge in [0.25, 0.3) is 5.69 Å². The lowest BCUT2D eigenvalue weighted by atomic mass is 10.1. The molecule has 0 spiro atoms. The van der Waals surface area contributed by atoms with Gasteiger partial charge < -0.3 is 9.72 Å². The van der Waals surface area contributed by atoms with Gasteiger partial charge in [-0.05, 0) is 24.6 Å². The smallest absolute Gasteiger partial charge is 0.271 e. The Balaban J connectivity index is 2.09. The third-order valence-electron chi connectivity index (χ3n) is 3.89. The SMILES string of the molecule is COCc1cc(C)nc2sc3c4ccc([N+](=O)[O-])cc4[nH]c3c12. The molecule has 23 heavy (non-hydrogen) atoms. The van der Waals surface area contributed by atoms with Crippen LogP contribution < -0.4 is 0 Å². The normalized spacial score (nSPS) is 11.7. The van der Waals surface area contributed by atoms with Gasteiger partial charge in [-0.25, -0.2) is 4.98 Å². The van der Waals surface area contributed by atoms with Crippen LogP contribution in [0.2, 0.25) is 0 Å². The second-order valence-corrected chi connectivity index (χ2v) is 6.45. The molecule has 0 unspecified atom stereocenters. The molecule has 1 aromatic carbocycles. The van der Waals surface area contributed by atoms with Gasteiger partial charge in [0.2, 0.25) is 0 Å². The number of non-ortho nitro benzene ring substituents is 1. The number of benzene rings is 1. The molecule has 116 valence electrons. The van der Waals surface area contributed by atoms with Crippen LogP contribution in [0.15, 0.2) is 24.3 Å². The summed E-state index contributed by atoms with van der Waals surface area (Å²) in [5.41, 5.74) is 3.85. The van der Waals surface area contributed by atoms with Crippen LogP contribution in [0, 0.1) is 17.0 Å². The molecule has 0 amide bonds. The summed E-state index contributed by atoms with van der Waals surface area (Å²) in [5.74, 6) is 0. The molecule has 0 saturated carbocycles. The minimum absolute atomic E-state index is 0.0850. The average Bonchev–Trinajstić information content (AvgIpc) is 3.01. The highest BCUT2D eigenvalue weighted by Crippen LogP contribution is 2.40. The first-order valence-electron chi connectivity index (χ1n) is 7.06. The second kappa shape index (κ2) is 5.00. The Morgan fingerprint density at radius 3 is 2.96 bits per heavy atom. The topological polar surface area (TPSA) is 81.1 Å². The third kappa shape index (κ3) is 2.08. The molecule has 3 aromatic heterocycles. The lowest BCUT2D eigenvalue weighted by molar-refractivity contribution is -0.384. The summed E-state index contributed by atoms with van der Waals surface area (Å²) in [7, 11) is 1.67. The predicted molar refractivity (Wildman–Crippen MR) is 91.1 cm³/mol. The molecular formula is C16H13N3O3S. The Labute approximate surface area is 134 Å². The Bertz CT molecular complexity index is 1080. The number of thiophene rings is 1. The molecule has 0 bridgehead atoms. The zero-order valence-electron chi connectivity index (χ0n) is 12.5. The van der Waals surface area contributed by atoms with Crippen LogP contribution in [-0.4, -0.2) is 22.0 Å². The molecule has 0 saturated heterocycles. The highest BCUT2D eigenvalue weighted by atomic mass is 32.1. The lowest BCUT2D eigenvalue weighted by Crippen LogP contribution is -1.92. The molecule has 3 heterocycles. The summed E-state index contributed by atoms with van der Waals surface area (Å²) >= 11 is 1.60. The first-order chi connectivity index (χ1) is 11.1. The van der Waals surface area contributed by atoms with Gasteiger partial charge in [-0.2, -0.15) is 0 Å². The summed E-state index contributed by atoms with van der Waals surface area (Å²) in [6, 6.07) is 6.93. The van der Waals surface area contributed by atoms with Crippen molar-refractivity contribution in [2.75, 3.05) is 7.11 Å². The molecule has 0 aliphatic carbocycles. The number of pyridine rings is 1. The number of aromatic amines is 1. The van der Waals surface area contributed by atoms with E-state index in [2.05, 4.69) is 9.97 Å². The third-order valence-corrected chi connectivity index (χ3v) is 5.01. The molecular weight excluding hydrogens is 314 g/mol. The van der Waals surface area contributed by atoms with Gasteiger partial charge in [-0.1, -0.05) is 0 Å². The largest absolute Gasteiger partial charge is 0.380 e. The van der Waals surface area contributed by atoms with Gasteiger partial charge in [0, 0.05) is 35.7 Å². The predicted octanol–water partition coefficient (Wildman–Crippen LogP) is 4.29. The number of H-pyrrole nitrogens is 1. The van der Waals surface area contributed by atoms with Crippen molar-refractivity contribution in [1.82, 2.24) is 9.97 Å². The van der Waals surface area contributed by atoms with Gasteiger partial charge in [-0.15, -0.1) is 11.3 Å². The van der Waals surface area contributed by atoms with Crippen molar-refractivity contribution in [1.29, 1.82) is 0 Å². The molecule has 1 N–H and O–H groups in total. The maximum Gasteiger partial charge on any atom is 0.271 e. The molecule has 0 aliphatic heterocycles. The Kier molecular flexibility index (Phi) is 3.07. The van der Waals surface area contributed by atoms with Crippen molar-refractivity contribution in [2.24, 2.45) is 0 Å². The summed E-state index contributed by atoms with van der Waals surface area (Å²) in [6.07, 6.45) is 0. The van der Waals surface area contributed by atoms with E-state index >= 15 is 0 Å². The van der Waals surface area contributed by atoms with Crippen molar-refractivity contribution >= 4 is 48.4 Å². The van der Waals surface area contributed by atoms with Gasteiger partial charge in [0.05, 0.1) is 27.3 Å². The summed E-state index contributed by atoms with van der Waals surface area (Å²) in [5, 5.41) is 13.0. The van der Waals surface area contributed by atoms with E-state index in [0.29, 0.717) is 6.61 Å². The molecule has 0 aliphatic rings. The monoisotopic (exact) mass is 327 g/mol. The van der Waals surface area contributed by atoms with E-state index in [1.807, 2.05) is 13.0 Å². The van der Waals surface area contributed by atoms with E-state index in [9.17, 15) is 10.1 Å². The van der Waals surface area contributed by atoms with Crippen molar-refractivity contribution < 1.29 is 9.66 Å². The van der Waals surface area contributed by atoms with Crippen LogP contribution in [0.4, 0.5) is 5.69 Å². The fourth-order valence-corrected chi connectivity index (χ4v) is 4.23. The van der Waals surface area contributed by atoms with E-state index in [0.717, 1.165) is 42.6 Å². The van der Waals surface area contributed by atoms with Crippen LogP contribution in [0.3, 0.4) is 0 Å². The lowest BCUT2D eigenvalue weighted by Gasteiger charge is -2.03. The maximum atomic E-state index is 11.0. The molecule has 0 atom stereocenters. The minimum atomic E-state index is -0.381. The van der Waals surface area contributed by atoms with Gasteiger partial charge >= 0.3 is 0 Å². The Morgan fingerprint density at radius 2 is 2.22 bits per heavy atom. The number of rotatable bonds is 3. The van der Waals surface area contributed by atoms with E-state index < -0.39 is 0 Å². The van der Waals surface area contributed by atoms with E-state index in [1.54, 1.807) is 30.6 Å². The number of hydrogen-bond donors (Lipinski definition) is 1. The minimum Gasteiger partial charge on any atom is -0.380 e. The van der Waals surface area contributed by atoms with Crippen LogP contribution in [0.5, 0.6) is 0 Å². The number of ether oxygens (including phenoxy) is 1. The fourth-order valence-electron chi connectivity index (χ4n) is 2.97. The van der Waals surface area contributed by atoms with Crippen LogP contribution in [0.25, 0.3) is 31.3 Å². The van der Waals surface area contributed by atoms with Crippen LogP contribution >= 0.6 is 11.3 Å². The number of aryl methyl sites for hydroxylation is 1. The summed E-state index contributed by atoms with van der Waals surface area (Å²) < 4.78 is 6.38. The fraction of sp³-hybridized carbons (Fsp3) is 0.188. The Hall–Kier alpha value is -2.51. The molecule has 4 aromatic rings. The number of aromatic nitrogens is 2. The van der Waals surface area contributed by atoms with E-state index in [4.69, 9.17) is 4.74 Å². The maximum absolute atomic E-state index is 11.0. The number of fused-ring (bicyclic) bond motifs is 5. The number of nitro groups is 1. The molecule has 0 fully saturated rings. The molecule has 0 radical (unpaired) electrons. The number of hydrogen-bond acceptors (Lipinski definition) is 5. The highest BCUT2D eigenvalue weighted by Gasteiger charge is 2.17.